The lowest BCUT2D eigenvalue weighted by Crippen LogP contribution is -2.45. The van der Waals surface area contributed by atoms with Crippen LogP contribution in [-0.4, -0.2) is 34.9 Å². The molecule has 1 unspecified atom stereocenters. The number of aliphatic hydroxyl groups excluding tert-OH is 1. The second kappa shape index (κ2) is 3.39. The molecule has 6 N–H and O–H groups in total. The Morgan fingerprint density at radius 1 is 1.67 bits per heavy atom. The number of hydrogen-bond donors (Lipinski definition) is 4. The Labute approximate surface area is 52.3 Å². The van der Waals surface area contributed by atoms with Gasteiger partial charge in [0.2, 0.25) is 0 Å². The standard InChI is InChI=1S/C4H10N2O3/c5-1-2(7)3(6)4(8)9/h2-3,7H,1,5-6H2,(H,8,9)/t2?,3-/m0/s1. The highest BCUT2D eigenvalue weighted by Gasteiger charge is 2.19. The van der Waals surface area contributed by atoms with Crippen LogP contribution >= 0.6 is 0 Å². The molecule has 0 bridgehead atoms. The van der Waals surface area contributed by atoms with Crippen LogP contribution in [-0.2, 0) is 4.79 Å². The number of carboxylic acid groups (broad SMARTS) is 1. The van der Waals surface area contributed by atoms with Gasteiger partial charge in [-0.05, 0) is 0 Å². The van der Waals surface area contributed by atoms with E-state index in [1.807, 2.05) is 0 Å². The van der Waals surface area contributed by atoms with Crippen molar-refractivity contribution in [3.8, 4) is 0 Å². The van der Waals surface area contributed by atoms with Gasteiger partial charge < -0.3 is 21.7 Å². The SMILES string of the molecule is NCC(O)[C@H](N)C(=O)O. The van der Waals surface area contributed by atoms with Crippen LogP contribution in [0.1, 0.15) is 0 Å². The molecule has 0 aliphatic heterocycles. The first-order valence-corrected chi connectivity index (χ1v) is 2.46. The van der Waals surface area contributed by atoms with Gasteiger partial charge in [0.15, 0.2) is 0 Å². The van der Waals surface area contributed by atoms with Crippen molar-refractivity contribution in [1.82, 2.24) is 0 Å². The lowest BCUT2D eigenvalue weighted by molar-refractivity contribution is -0.141. The van der Waals surface area contributed by atoms with E-state index in [9.17, 15) is 4.79 Å². The molecule has 0 saturated carbocycles. The number of carboxylic acids is 1. The summed E-state index contributed by atoms with van der Waals surface area (Å²) in [7, 11) is 0. The molecule has 0 aromatic heterocycles. The van der Waals surface area contributed by atoms with Gasteiger partial charge >= 0.3 is 5.97 Å². The quantitative estimate of drug-likeness (QED) is 0.347. The van der Waals surface area contributed by atoms with Crippen molar-refractivity contribution < 1.29 is 15.0 Å². The molecule has 0 fully saturated rings. The van der Waals surface area contributed by atoms with E-state index in [0.29, 0.717) is 0 Å². The summed E-state index contributed by atoms with van der Waals surface area (Å²) < 4.78 is 0. The number of rotatable bonds is 3. The molecule has 0 aromatic carbocycles. The molecular weight excluding hydrogens is 124 g/mol. The minimum Gasteiger partial charge on any atom is -0.480 e. The first kappa shape index (κ1) is 8.35. The molecule has 54 valence electrons. The predicted octanol–water partition coefficient (Wildman–Crippen LogP) is -2.28. The summed E-state index contributed by atoms with van der Waals surface area (Å²) in [4.78, 5) is 9.96. The van der Waals surface area contributed by atoms with Crippen molar-refractivity contribution in [2.24, 2.45) is 11.5 Å². The molecule has 2 atom stereocenters. The van der Waals surface area contributed by atoms with Crippen LogP contribution in [0.5, 0.6) is 0 Å². The minimum absolute atomic E-state index is 0.131. The van der Waals surface area contributed by atoms with Gasteiger partial charge in [-0.15, -0.1) is 0 Å². The zero-order chi connectivity index (χ0) is 7.44. The molecule has 0 aliphatic carbocycles. The zero-order valence-corrected chi connectivity index (χ0v) is 4.82. The Bertz CT molecular complexity index is 106. The molecule has 5 heteroatoms. The fraction of sp³-hybridized carbons (Fsp3) is 0.750. The maximum atomic E-state index is 9.96. The van der Waals surface area contributed by atoms with E-state index >= 15 is 0 Å². The van der Waals surface area contributed by atoms with Gasteiger partial charge in [0.1, 0.15) is 6.04 Å². The van der Waals surface area contributed by atoms with Crippen molar-refractivity contribution in [1.29, 1.82) is 0 Å². The molecule has 0 amide bonds. The molecule has 0 saturated heterocycles. The van der Waals surface area contributed by atoms with E-state index in [0.717, 1.165) is 0 Å². The molecule has 0 heterocycles. The van der Waals surface area contributed by atoms with Crippen LogP contribution in [0.4, 0.5) is 0 Å². The molecule has 0 rings (SSSR count). The van der Waals surface area contributed by atoms with Crippen molar-refractivity contribution in [3.05, 3.63) is 0 Å². The smallest absolute Gasteiger partial charge is 0.323 e. The van der Waals surface area contributed by atoms with E-state index in [2.05, 4.69) is 0 Å². The summed E-state index contributed by atoms with van der Waals surface area (Å²) in [5.41, 5.74) is 9.86. The second-order valence-electron chi connectivity index (χ2n) is 1.67. The zero-order valence-electron chi connectivity index (χ0n) is 4.82. The summed E-state index contributed by atoms with van der Waals surface area (Å²) in [6, 6.07) is -1.27. The minimum atomic E-state index is -1.27. The number of carbonyl (C=O) groups is 1. The second-order valence-corrected chi connectivity index (χ2v) is 1.67. The van der Waals surface area contributed by atoms with E-state index < -0.39 is 18.1 Å². The fourth-order valence-corrected chi connectivity index (χ4v) is 0.311. The summed E-state index contributed by atoms with van der Waals surface area (Å²) in [5, 5.41) is 16.8. The highest BCUT2D eigenvalue weighted by molar-refractivity contribution is 5.73. The average molecular weight is 134 g/mol. The van der Waals surface area contributed by atoms with Gasteiger partial charge in [-0.25, -0.2) is 0 Å². The number of aliphatic hydroxyl groups is 1. The van der Waals surface area contributed by atoms with E-state index in [1.165, 1.54) is 0 Å². The summed E-state index contributed by atoms with van der Waals surface area (Å²) in [6.07, 6.45) is -1.15. The monoisotopic (exact) mass is 134 g/mol. The Balaban J connectivity index is 3.72. The van der Waals surface area contributed by atoms with Gasteiger partial charge in [-0.2, -0.15) is 0 Å². The third-order valence-electron chi connectivity index (χ3n) is 0.941. The molecule has 5 nitrogen and oxygen atoms in total. The Hall–Kier alpha value is -0.650. The van der Waals surface area contributed by atoms with Gasteiger partial charge in [0, 0.05) is 6.54 Å². The van der Waals surface area contributed by atoms with Gasteiger partial charge in [0.25, 0.3) is 0 Å². The predicted molar refractivity (Wildman–Crippen MR) is 30.7 cm³/mol. The molecule has 0 spiro atoms. The van der Waals surface area contributed by atoms with Gasteiger partial charge in [-0.3, -0.25) is 4.79 Å². The first-order valence-electron chi connectivity index (χ1n) is 2.46. The van der Waals surface area contributed by atoms with E-state index in [4.69, 9.17) is 21.7 Å². The lowest BCUT2D eigenvalue weighted by atomic mass is 10.2. The Morgan fingerprint density at radius 2 is 2.11 bits per heavy atom. The summed E-state index contributed by atoms with van der Waals surface area (Å²) in [5.74, 6) is -1.24. The molecular formula is C4H10N2O3. The van der Waals surface area contributed by atoms with Crippen molar-refractivity contribution in [3.63, 3.8) is 0 Å². The largest absolute Gasteiger partial charge is 0.480 e. The summed E-state index contributed by atoms with van der Waals surface area (Å²) in [6.45, 7) is -0.131. The van der Waals surface area contributed by atoms with Gasteiger partial charge in [0.05, 0.1) is 6.10 Å². The Morgan fingerprint density at radius 3 is 2.22 bits per heavy atom. The summed E-state index contributed by atoms with van der Waals surface area (Å²) >= 11 is 0. The highest BCUT2D eigenvalue weighted by atomic mass is 16.4. The topological polar surface area (TPSA) is 110 Å². The van der Waals surface area contributed by atoms with Crippen LogP contribution in [0.3, 0.4) is 0 Å². The van der Waals surface area contributed by atoms with Crippen molar-refractivity contribution in [2.75, 3.05) is 6.54 Å². The molecule has 0 radical (unpaired) electrons. The number of hydrogen-bond acceptors (Lipinski definition) is 4. The Kier molecular flexibility index (Phi) is 3.15. The van der Waals surface area contributed by atoms with Crippen LogP contribution in [0.25, 0.3) is 0 Å². The highest BCUT2D eigenvalue weighted by Crippen LogP contribution is 1.85. The number of nitrogens with two attached hydrogens (primary N) is 2. The van der Waals surface area contributed by atoms with Crippen LogP contribution in [0.2, 0.25) is 0 Å². The van der Waals surface area contributed by atoms with Crippen molar-refractivity contribution >= 4 is 5.97 Å². The van der Waals surface area contributed by atoms with E-state index in [1.54, 1.807) is 0 Å². The van der Waals surface area contributed by atoms with Gasteiger partial charge in [-0.1, -0.05) is 0 Å². The molecule has 0 aromatic rings. The first-order chi connectivity index (χ1) is 4.09. The normalized spacial score (nSPS) is 16.8. The lowest BCUT2D eigenvalue weighted by Gasteiger charge is -2.10. The van der Waals surface area contributed by atoms with Crippen LogP contribution in [0.15, 0.2) is 0 Å². The average Bonchev–Trinajstić information content (AvgIpc) is 1.84. The maximum absolute atomic E-state index is 9.96. The third kappa shape index (κ3) is 2.41. The van der Waals surface area contributed by atoms with Crippen LogP contribution in [0, 0.1) is 0 Å². The maximum Gasteiger partial charge on any atom is 0.323 e. The fourth-order valence-electron chi connectivity index (χ4n) is 0.311. The molecule has 9 heavy (non-hydrogen) atoms. The van der Waals surface area contributed by atoms with Crippen molar-refractivity contribution in [2.45, 2.75) is 12.1 Å². The number of aliphatic carboxylic acids is 1. The van der Waals surface area contributed by atoms with E-state index in [-0.39, 0.29) is 6.54 Å². The molecule has 0 aliphatic rings. The third-order valence-corrected chi connectivity index (χ3v) is 0.941. The van der Waals surface area contributed by atoms with Crippen LogP contribution < -0.4 is 11.5 Å².